The lowest BCUT2D eigenvalue weighted by atomic mass is 9.89. The Labute approximate surface area is 147 Å². The third kappa shape index (κ3) is 2.56. The van der Waals surface area contributed by atoms with Crippen LogP contribution < -0.4 is 0 Å². The third-order valence-corrected chi connectivity index (χ3v) is 4.67. The number of nitrogens with zero attached hydrogens (tertiary/aromatic N) is 6. The second-order valence-corrected chi connectivity index (χ2v) is 7.39. The zero-order valence-electron chi connectivity index (χ0n) is 15.5. The maximum Gasteiger partial charge on any atom is 0.417 e. The van der Waals surface area contributed by atoms with E-state index in [4.69, 9.17) is 5.10 Å². The van der Waals surface area contributed by atoms with Crippen LogP contribution >= 0.6 is 0 Å². The lowest BCUT2D eigenvalue weighted by Crippen LogP contribution is -2.63. The standard InChI is InChI=1S/C17H25N6O2/c1-7-9-23-15-18-13-12(14(24)21(8-2)16(25)20(13)6)22(15)10-11(19-23)17(3,4)5/h7,12H,1,8-10H2,2-6H3/q+1. The minimum Gasteiger partial charge on any atom is -0.270 e. The minimum absolute atomic E-state index is 0.141. The Morgan fingerprint density at radius 1 is 1.36 bits per heavy atom. The second-order valence-electron chi connectivity index (χ2n) is 7.39. The zero-order chi connectivity index (χ0) is 18.5. The fraction of sp³-hybridized carbons (Fsp3) is 0.588. The molecule has 134 valence electrons. The molecule has 1 saturated heterocycles. The van der Waals surface area contributed by atoms with Gasteiger partial charge in [0.1, 0.15) is 13.1 Å². The number of hydrogen-bond acceptors (Lipinski definition) is 5. The number of urea groups is 1. The lowest BCUT2D eigenvalue weighted by Gasteiger charge is -2.34. The van der Waals surface area contributed by atoms with E-state index in [-0.39, 0.29) is 17.4 Å². The first-order valence-electron chi connectivity index (χ1n) is 8.48. The number of amides is 3. The predicted octanol–water partition coefficient (Wildman–Crippen LogP) is 0.953. The fourth-order valence-corrected chi connectivity index (χ4v) is 3.18. The highest BCUT2D eigenvalue weighted by atomic mass is 16.2. The van der Waals surface area contributed by atoms with Crippen molar-refractivity contribution >= 4 is 29.4 Å². The Bertz CT molecular complexity index is 743. The summed E-state index contributed by atoms with van der Waals surface area (Å²) in [7, 11) is 1.66. The second kappa shape index (κ2) is 5.79. The number of rotatable bonds is 3. The van der Waals surface area contributed by atoms with Crippen molar-refractivity contribution in [2.75, 3.05) is 26.7 Å². The molecule has 3 aliphatic rings. The molecule has 8 heteroatoms. The molecule has 3 heterocycles. The number of guanidine groups is 1. The van der Waals surface area contributed by atoms with Crippen molar-refractivity contribution < 1.29 is 14.2 Å². The molecule has 0 aromatic carbocycles. The quantitative estimate of drug-likeness (QED) is 0.565. The Kier molecular flexibility index (Phi) is 4.01. The lowest BCUT2D eigenvalue weighted by molar-refractivity contribution is -0.528. The van der Waals surface area contributed by atoms with Crippen molar-refractivity contribution in [3.63, 3.8) is 0 Å². The molecular formula is C17H25N6O2+. The number of amidine groups is 1. The zero-order valence-corrected chi connectivity index (χ0v) is 15.5. The summed E-state index contributed by atoms with van der Waals surface area (Å²) >= 11 is 0. The number of aliphatic imine (C=N–C) groups is 1. The van der Waals surface area contributed by atoms with E-state index in [2.05, 4.69) is 32.3 Å². The molecule has 0 N–H and O–H groups in total. The van der Waals surface area contributed by atoms with Gasteiger partial charge in [-0.2, -0.15) is 0 Å². The van der Waals surface area contributed by atoms with Gasteiger partial charge in [-0.1, -0.05) is 38.4 Å². The van der Waals surface area contributed by atoms with Crippen molar-refractivity contribution in [1.29, 1.82) is 0 Å². The van der Waals surface area contributed by atoms with Crippen LogP contribution in [0.1, 0.15) is 27.7 Å². The van der Waals surface area contributed by atoms with E-state index in [0.717, 1.165) is 5.71 Å². The topological polar surface area (TPSA) is 71.6 Å². The molecule has 3 amide bonds. The van der Waals surface area contributed by atoms with E-state index in [0.29, 0.717) is 31.4 Å². The molecule has 3 aliphatic heterocycles. The van der Waals surface area contributed by atoms with Gasteiger partial charge in [-0.25, -0.2) is 9.37 Å². The Morgan fingerprint density at radius 2 is 2.04 bits per heavy atom. The Hall–Kier alpha value is -2.51. The van der Waals surface area contributed by atoms with Crippen molar-refractivity contribution in [2.45, 2.75) is 33.7 Å². The van der Waals surface area contributed by atoms with Gasteiger partial charge in [-0.3, -0.25) is 14.6 Å². The SMILES string of the molecule is C=CCN1N=C(C(C)(C)C)C[N+]2=C1N=C1C2C(=O)N(CC)C(=O)N1C. The first kappa shape index (κ1) is 17.3. The van der Waals surface area contributed by atoms with E-state index in [1.807, 2.05) is 4.58 Å². The highest BCUT2D eigenvalue weighted by molar-refractivity contribution is 6.23. The molecule has 0 aliphatic carbocycles. The van der Waals surface area contributed by atoms with Gasteiger partial charge in [-0.05, 0) is 6.92 Å². The normalized spacial score (nSPS) is 23.6. The van der Waals surface area contributed by atoms with Gasteiger partial charge in [0, 0.05) is 19.0 Å². The fourth-order valence-electron chi connectivity index (χ4n) is 3.18. The molecular weight excluding hydrogens is 320 g/mol. The molecule has 0 spiro atoms. The number of carbonyl (C=O) groups is 2. The van der Waals surface area contributed by atoms with Crippen LogP contribution in [-0.2, 0) is 4.79 Å². The number of hydrogen-bond donors (Lipinski definition) is 0. The van der Waals surface area contributed by atoms with E-state index in [9.17, 15) is 9.59 Å². The molecule has 25 heavy (non-hydrogen) atoms. The minimum atomic E-state index is -0.585. The van der Waals surface area contributed by atoms with E-state index < -0.39 is 6.04 Å². The first-order valence-corrected chi connectivity index (χ1v) is 8.48. The summed E-state index contributed by atoms with van der Waals surface area (Å²) in [6.07, 6.45) is 1.75. The molecule has 1 unspecified atom stereocenters. The highest BCUT2D eigenvalue weighted by Gasteiger charge is 2.54. The summed E-state index contributed by atoms with van der Waals surface area (Å²) in [6, 6.07) is -0.923. The number of hydrazone groups is 1. The van der Waals surface area contributed by atoms with Crippen LogP contribution in [0, 0.1) is 5.41 Å². The van der Waals surface area contributed by atoms with Crippen LogP contribution in [0.3, 0.4) is 0 Å². The number of fused-ring (bicyclic) bond motifs is 2. The molecule has 8 nitrogen and oxygen atoms in total. The van der Waals surface area contributed by atoms with Crippen LogP contribution in [0.15, 0.2) is 22.7 Å². The van der Waals surface area contributed by atoms with Crippen molar-refractivity contribution in [1.82, 2.24) is 14.8 Å². The summed E-state index contributed by atoms with van der Waals surface area (Å²) < 4.78 is 1.94. The average molecular weight is 345 g/mol. The molecule has 3 rings (SSSR count). The Morgan fingerprint density at radius 3 is 2.60 bits per heavy atom. The smallest absolute Gasteiger partial charge is 0.270 e. The number of carbonyl (C=O) groups excluding carboxylic acids is 2. The van der Waals surface area contributed by atoms with Crippen LogP contribution in [0.5, 0.6) is 0 Å². The van der Waals surface area contributed by atoms with Crippen LogP contribution in [0.25, 0.3) is 0 Å². The number of imide groups is 1. The first-order chi connectivity index (χ1) is 11.7. The summed E-state index contributed by atoms with van der Waals surface area (Å²) in [6.45, 7) is 13.2. The van der Waals surface area contributed by atoms with E-state index >= 15 is 0 Å². The van der Waals surface area contributed by atoms with Crippen molar-refractivity contribution in [3.05, 3.63) is 12.7 Å². The van der Waals surface area contributed by atoms with Gasteiger partial charge in [0.2, 0.25) is 11.9 Å². The van der Waals surface area contributed by atoms with Crippen LogP contribution in [-0.4, -0.2) is 81.6 Å². The summed E-state index contributed by atoms with van der Waals surface area (Å²) in [5.74, 6) is 0.834. The van der Waals surface area contributed by atoms with Crippen LogP contribution in [0.4, 0.5) is 4.79 Å². The monoisotopic (exact) mass is 345 g/mol. The highest BCUT2D eigenvalue weighted by Crippen LogP contribution is 2.26. The summed E-state index contributed by atoms with van der Waals surface area (Å²) in [5.41, 5.74) is 0.822. The molecule has 0 radical (unpaired) electrons. The maximum atomic E-state index is 12.9. The van der Waals surface area contributed by atoms with Gasteiger partial charge in [0.15, 0.2) is 0 Å². The Balaban J connectivity index is 2.07. The summed E-state index contributed by atoms with van der Waals surface area (Å²) in [4.78, 5) is 32.7. The molecule has 0 aromatic rings. The summed E-state index contributed by atoms with van der Waals surface area (Å²) in [5, 5.41) is 6.47. The van der Waals surface area contributed by atoms with Crippen molar-refractivity contribution in [3.8, 4) is 0 Å². The largest absolute Gasteiger partial charge is 0.417 e. The van der Waals surface area contributed by atoms with E-state index in [1.54, 1.807) is 25.1 Å². The third-order valence-electron chi connectivity index (χ3n) is 4.67. The van der Waals surface area contributed by atoms with E-state index in [1.165, 1.54) is 9.80 Å². The van der Waals surface area contributed by atoms with Gasteiger partial charge in [0.05, 0.1) is 5.71 Å². The molecule has 0 aromatic heterocycles. The molecule has 0 saturated carbocycles. The average Bonchev–Trinajstić information content (AvgIpc) is 2.93. The van der Waals surface area contributed by atoms with Gasteiger partial charge < -0.3 is 0 Å². The maximum absolute atomic E-state index is 12.9. The molecule has 1 fully saturated rings. The van der Waals surface area contributed by atoms with Gasteiger partial charge >= 0.3 is 12.0 Å². The number of likely N-dealkylation sites (N-methyl/N-ethyl adjacent to an activating group) is 2. The van der Waals surface area contributed by atoms with Crippen LogP contribution in [0.2, 0.25) is 0 Å². The van der Waals surface area contributed by atoms with Gasteiger partial charge in [-0.15, -0.1) is 10.1 Å². The predicted molar refractivity (Wildman–Crippen MR) is 95.7 cm³/mol. The van der Waals surface area contributed by atoms with Crippen molar-refractivity contribution in [2.24, 2.45) is 15.5 Å². The molecule has 1 atom stereocenters. The molecule has 0 bridgehead atoms. The van der Waals surface area contributed by atoms with Gasteiger partial charge in [0.25, 0.3) is 5.91 Å².